The smallest absolute Gasteiger partial charge is 0.254 e. The monoisotopic (exact) mass is 390 g/mol. The van der Waals surface area contributed by atoms with Gasteiger partial charge in [-0.15, -0.1) is 0 Å². The van der Waals surface area contributed by atoms with Crippen molar-refractivity contribution in [2.45, 2.75) is 6.54 Å². The van der Waals surface area contributed by atoms with Crippen molar-refractivity contribution < 1.29 is 4.79 Å². The van der Waals surface area contributed by atoms with Crippen LogP contribution in [-0.2, 0) is 13.6 Å². The zero-order chi connectivity index (χ0) is 19.7. The fourth-order valence-corrected chi connectivity index (χ4v) is 3.35. The molecule has 140 valence electrons. The molecule has 0 aliphatic carbocycles. The number of rotatable bonds is 4. The van der Waals surface area contributed by atoms with Gasteiger partial charge in [-0.3, -0.25) is 9.48 Å². The molecule has 0 atom stereocenters. The molecule has 0 N–H and O–H groups in total. The number of hydrogen-bond donors (Lipinski definition) is 0. The summed E-state index contributed by atoms with van der Waals surface area (Å²) < 4.78 is 1.73. The molecule has 2 aromatic carbocycles. The van der Waals surface area contributed by atoms with Gasteiger partial charge in [0.15, 0.2) is 0 Å². The van der Waals surface area contributed by atoms with Gasteiger partial charge in [0, 0.05) is 48.4 Å². The third-order valence-electron chi connectivity index (χ3n) is 4.61. The molecule has 0 unspecified atom stereocenters. The summed E-state index contributed by atoms with van der Waals surface area (Å²) in [7, 11) is 3.66. The van der Waals surface area contributed by atoms with Gasteiger partial charge in [0.1, 0.15) is 0 Å². The summed E-state index contributed by atoms with van der Waals surface area (Å²) in [6, 6.07) is 17.0. The number of amides is 1. The van der Waals surface area contributed by atoms with E-state index in [0.717, 1.165) is 27.7 Å². The van der Waals surface area contributed by atoms with Crippen molar-refractivity contribution in [1.82, 2.24) is 19.7 Å². The molecule has 0 saturated carbocycles. The lowest BCUT2D eigenvalue weighted by Gasteiger charge is -2.18. The Morgan fingerprint density at radius 1 is 1.14 bits per heavy atom. The first-order valence-corrected chi connectivity index (χ1v) is 9.28. The van der Waals surface area contributed by atoms with Crippen LogP contribution >= 0.6 is 11.6 Å². The fourth-order valence-electron chi connectivity index (χ4n) is 3.23. The summed E-state index contributed by atoms with van der Waals surface area (Å²) in [4.78, 5) is 19.7. The zero-order valence-corrected chi connectivity index (χ0v) is 16.4. The van der Waals surface area contributed by atoms with Crippen LogP contribution in [-0.4, -0.2) is 32.6 Å². The number of carbonyl (C=O) groups excluding carboxylic acids is 1. The van der Waals surface area contributed by atoms with Crippen molar-refractivity contribution in [3.63, 3.8) is 0 Å². The van der Waals surface area contributed by atoms with Crippen LogP contribution in [0.5, 0.6) is 0 Å². The minimum absolute atomic E-state index is 0.0577. The first-order chi connectivity index (χ1) is 13.5. The SMILES string of the molecule is CN(Cc1cnn(C)c1)C(=O)c1cc(-c2ccc(Cl)cc2)nc2ccccc12. The normalized spacial score (nSPS) is 11.0. The number of fused-ring (bicyclic) bond motifs is 1. The highest BCUT2D eigenvalue weighted by molar-refractivity contribution is 6.30. The van der Waals surface area contributed by atoms with E-state index in [9.17, 15) is 4.79 Å². The number of nitrogens with zero attached hydrogens (tertiary/aromatic N) is 4. The van der Waals surface area contributed by atoms with Gasteiger partial charge in [0.05, 0.1) is 23.0 Å². The van der Waals surface area contributed by atoms with Crippen LogP contribution in [0.1, 0.15) is 15.9 Å². The van der Waals surface area contributed by atoms with Crippen LogP contribution in [0.15, 0.2) is 67.0 Å². The average molecular weight is 391 g/mol. The quantitative estimate of drug-likeness (QED) is 0.513. The van der Waals surface area contributed by atoms with Crippen LogP contribution in [0.4, 0.5) is 0 Å². The largest absolute Gasteiger partial charge is 0.337 e. The minimum atomic E-state index is -0.0577. The van der Waals surface area contributed by atoms with Crippen molar-refractivity contribution in [2.75, 3.05) is 7.05 Å². The molecule has 4 rings (SSSR count). The standard InChI is InChI=1S/C22H19ClN4O/c1-26(13-15-12-24-27(2)14-15)22(28)19-11-21(16-7-9-17(23)10-8-16)25-20-6-4-3-5-18(19)20/h3-12,14H,13H2,1-2H3. The van der Waals surface area contributed by atoms with E-state index in [4.69, 9.17) is 16.6 Å². The molecule has 0 bridgehead atoms. The van der Waals surface area contributed by atoms with Gasteiger partial charge in [-0.25, -0.2) is 4.98 Å². The van der Waals surface area contributed by atoms with Crippen molar-refractivity contribution in [2.24, 2.45) is 7.05 Å². The number of para-hydroxylation sites is 1. The molecule has 4 aromatic rings. The lowest BCUT2D eigenvalue weighted by atomic mass is 10.0. The van der Waals surface area contributed by atoms with Gasteiger partial charge in [-0.05, 0) is 24.3 Å². The third-order valence-corrected chi connectivity index (χ3v) is 4.86. The van der Waals surface area contributed by atoms with E-state index in [0.29, 0.717) is 17.1 Å². The summed E-state index contributed by atoms with van der Waals surface area (Å²) >= 11 is 6.01. The number of aryl methyl sites for hydroxylation is 1. The first-order valence-electron chi connectivity index (χ1n) is 8.90. The average Bonchev–Trinajstić information content (AvgIpc) is 3.11. The number of carbonyl (C=O) groups is 1. The summed E-state index contributed by atoms with van der Waals surface area (Å²) in [5.41, 5.74) is 4.05. The second-order valence-electron chi connectivity index (χ2n) is 6.76. The lowest BCUT2D eigenvalue weighted by Crippen LogP contribution is -2.26. The Balaban J connectivity index is 1.76. The molecule has 6 heteroatoms. The Kier molecular flexibility index (Phi) is 4.84. The molecule has 0 aliphatic heterocycles. The maximum Gasteiger partial charge on any atom is 0.254 e. The topological polar surface area (TPSA) is 51.0 Å². The molecule has 0 spiro atoms. The van der Waals surface area contributed by atoms with Gasteiger partial charge in [-0.1, -0.05) is 41.9 Å². The summed E-state index contributed by atoms with van der Waals surface area (Å²) in [6.07, 6.45) is 3.68. The van der Waals surface area contributed by atoms with Crippen LogP contribution < -0.4 is 0 Å². The minimum Gasteiger partial charge on any atom is -0.337 e. The molecular formula is C22H19ClN4O. The molecule has 0 fully saturated rings. The number of aromatic nitrogens is 3. The predicted molar refractivity (Wildman–Crippen MR) is 111 cm³/mol. The highest BCUT2D eigenvalue weighted by Crippen LogP contribution is 2.27. The van der Waals surface area contributed by atoms with E-state index in [2.05, 4.69) is 5.10 Å². The summed E-state index contributed by atoms with van der Waals surface area (Å²) in [5.74, 6) is -0.0577. The van der Waals surface area contributed by atoms with Gasteiger partial charge < -0.3 is 4.90 Å². The predicted octanol–water partition coefficient (Wildman–Crippen LogP) is 4.56. The van der Waals surface area contributed by atoms with Crippen molar-refractivity contribution in [1.29, 1.82) is 0 Å². The van der Waals surface area contributed by atoms with Gasteiger partial charge >= 0.3 is 0 Å². The molecule has 5 nitrogen and oxygen atoms in total. The Bertz CT molecular complexity index is 1150. The Morgan fingerprint density at radius 3 is 2.61 bits per heavy atom. The molecule has 0 saturated heterocycles. The van der Waals surface area contributed by atoms with Crippen molar-refractivity contribution in [3.05, 3.63) is 83.1 Å². The molecule has 0 radical (unpaired) electrons. The number of pyridine rings is 1. The Hall–Kier alpha value is -3.18. The second kappa shape index (κ2) is 7.44. The second-order valence-corrected chi connectivity index (χ2v) is 7.20. The van der Waals surface area contributed by atoms with E-state index < -0.39 is 0 Å². The Labute approximate surface area is 168 Å². The highest BCUT2D eigenvalue weighted by atomic mass is 35.5. The van der Waals surface area contributed by atoms with E-state index >= 15 is 0 Å². The zero-order valence-electron chi connectivity index (χ0n) is 15.6. The fraction of sp³-hybridized carbons (Fsp3) is 0.136. The number of hydrogen-bond acceptors (Lipinski definition) is 3. The van der Waals surface area contributed by atoms with Gasteiger partial charge in [0.2, 0.25) is 0 Å². The maximum absolute atomic E-state index is 13.3. The van der Waals surface area contributed by atoms with E-state index in [-0.39, 0.29) is 5.91 Å². The van der Waals surface area contributed by atoms with Crippen LogP contribution in [0.2, 0.25) is 5.02 Å². The molecule has 2 aromatic heterocycles. The van der Waals surface area contributed by atoms with Crippen molar-refractivity contribution >= 4 is 28.4 Å². The molecule has 28 heavy (non-hydrogen) atoms. The van der Waals surface area contributed by atoms with Gasteiger partial charge in [-0.2, -0.15) is 5.10 Å². The van der Waals surface area contributed by atoms with Crippen LogP contribution in [0.25, 0.3) is 22.2 Å². The van der Waals surface area contributed by atoms with Crippen LogP contribution in [0.3, 0.4) is 0 Å². The van der Waals surface area contributed by atoms with Gasteiger partial charge in [0.25, 0.3) is 5.91 Å². The maximum atomic E-state index is 13.3. The van der Waals surface area contributed by atoms with E-state index in [1.807, 2.05) is 67.8 Å². The molecule has 0 aliphatic rings. The molecular weight excluding hydrogens is 372 g/mol. The van der Waals surface area contributed by atoms with E-state index in [1.54, 1.807) is 22.8 Å². The van der Waals surface area contributed by atoms with E-state index in [1.165, 1.54) is 0 Å². The molecule has 1 amide bonds. The highest BCUT2D eigenvalue weighted by Gasteiger charge is 2.18. The summed E-state index contributed by atoms with van der Waals surface area (Å²) in [5, 5.41) is 5.67. The molecule has 2 heterocycles. The third kappa shape index (κ3) is 3.62. The Morgan fingerprint density at radius 2 is 1.89 bits per heavy atom. The number of benzene rings is 2. The first kappa shape index (κ1) is 18.2. The summed E-state index contributed by atoms with van der Waals surface area (Å²) in [6.45, 7) is 0.486. The van der Waals surface area contributed by atoms with Crippen LogP contribution in [0, 0.1) is 0 Å². The number of halogens is 1. The lowest BCUT2D eigenvalue weighted by molar-refractivity contribution is 0.0787. The van der Waals surface area contributed by atoms with Crippen molar-refractivity contribution in [3.8, 4) is 11.3 Å².